The lowest BCUT2D eigenvalue weighted by Gasteiger charge is -2.49. The molecular formula is C16H19N9O5S3. The van der Waals surface area contributed by atoms with E-state index in [1.165, 1.54) is 35.7 Å². The lowest BCUT2D eigenvalue weighted by atomic mass is 10.0. The number of rotatable bonds is 8. The molecule has 2 atom stereocenters. The summed E-state index contributed by atoms with van der Waals surface area (Å²) in [5.41, 5.74) is 6.24. The highest BCUT2D eigenvalue weighted by Crippen LogP contribution is 2.41. The molecule has 3 aliphatic rings. The number of nitrogens with two attached hydrogens (primary N) is 1. The van der Waals surface area contributed by atoms with Gasteiger partial charge in [0.05, 0.1) is 0 Å². The summed E-state index contributed by atoms with van der Waals surface area (Å²) in [6.45, 7) is 0.475. The summed E-state index contributed by atoms with van der Waals surface area (Å²) in [7, 11) is 3.05. The lowest BCUT2D eigenvalue weighted by Crippen LogP contribution is -2.71. The van der Waals surface area contributed by atoms with Gasteiger partial charge in [0.25, 0.3) is 11.8 Å². The second kappa shape index (κ2) is 9.44. The molecule has 0 bridgehead atoms. The summed E-state index contributed by atoms with van der Waals surface area (Å²) in [6, 6.07) is -0.912. The molecule has 1 saturated heterocycles. The Morgan fingerprint density at radius 3 is 2.85 bits per heavy atom. The number of hydrogen-bond acceptors (Lipinski definition) is 14. The molecule has 33 heavy (non-hydrogen) atoms. The molecule has 0 saturated carbocycles. The Labute approximate surface area is 200 Å². The number of hydrogen-bond donors (Lipinski definition) is 3. The van der Waals surface area contributed by atoms with Crippen molar-refractivity contribution in [3.63, 3.8) is 0 Å². The van der Waals surface area contributed by atoms with Gasteiger partial charge < -0.3 is 21.0 Å². The molecule has 0 radical (unpaired) electrons. The number of fused-ring (bicyclic) bond motifs is 1. The van der Waals surface area contributed by atoms with Gasteiger partial charge in [0.2, 0.25) is 0 Å². The first-order valence-corrected chi connectivity index (χ1v) is 12.2. The van der Waals surface area contributed by atoms with Crippen molar-refractivity contribution in [1.82, 2.24) is 24.6 Å². The molecule has 1 fully saturated rings. The highest BCUT2D eigenvalue weighted by molar-refractivity contribution is 8.00. The molecule has 14 nitrogen and oxygen atoms in total. The first-order valence-electron chi connectivity index (χ1n) is 9.36. The smallest absolute Gasteiger partial charge is 0.352 e. The fourth-order valence-electron chi connectivity index (χ4n) is 3.26. The Morgan fingerprint density at radius 1 is 1.45 bits per heavy atom. The molecule has 4 N–H and O–H groups in total. The van der Waals surface area contributed by atoms with Gasteiger partial charge >= 0.3 is 5.97 Å². The van der Waals surface area contributed by atoms with Gasteiger partial charge in [-0.05, 0) is 22.7 Å². The van der Waals surface area contributed by atoms with Gasteiger partial charge in [-0.15, -0.1) is 23.1 Å². The minimum Gasteiger partial charge on any atom is -0.477 e. The Bertz CT molecular complexity index is 1070. The zero-order valence-electron chi connectivity index (χ0n) is 17.4. The van der Waals surface area contributed by atoms with E-state index < -0.39 is 29.2 Å². The van der Waals surface area contributed by atoms with E-state index in [4.69, 9.17) is 10.6 Å². The van der Waals surface area contributed by atoms with Crippen molar-refractivity contribution in [3.8, 4) is 0 Å². The fourth-order valence-corrected chi connectivity index (χ4v) is 6.16. The predicted octanol–water partition coefficient (Wildman–Crippen LogP) is -0.0503. The molecule has 0 aromatic carbocycles. The van der Waals surface area contributed by atoms with Crippen molar-refractivity contribution >= 4 is 63.7 Å². The number of nitrogen functional groups attached to an aromatic ring is 1. The topological polar surface area (TPSA) is 178 Å². The average molecular weight is 514 g/mol. The number of aliphatic carboxylic acids is 1. The molecule has 176 valence electrons. The van der Waals surface area contributed by atoms with Gasteiger partial charge in [-0.2, -0.15) is 4.41 Å². The number of thioether (sulfide) groups is 1. The van der Waals surface area contributed by atoms with Gasteiger partial charge in [-0.1, -0.05) is 10.4 Å². The number of oxime groups is 1. The van der Waals surface area contributed by atoms with Gasteiger partial charge in [0.1, 0.15) is 36.6 Å². The molecule has 4 heterocycles. The van der Waals surface area contributed by atoms with E-state index in [2.05, 4.69) is 25.9 Å². The average Bonchev–Trinajstić information content (AvgIpc) is 3.40. The molecule has 4 rings (SSSR count). The summed E-state index contributed by atoms with van der Waals surface area (Å²) in [6.07, 6.45) is 0. The highest BCUT2D eigenvalue weighted by atomic mass is 32.2. The van der Waals surface area contributed by atoms with Crippen LogP contribution in [0.3, 0.4) is 0 Å². The van der Waals surface area contributed by atoms with Gasteiger partial charge in [0.15, 0.2) is 10.8 Å². The third-order valence-electron chi connectivity index (χ3n) is 4.70. The summed E-state index contributed by atoms with van der Waals surface area (Å²) >= 11 is 3.81. The molecule has 1 unspecified atom stereocenters. The normalized spacial score (nSPS) is 22.4. The van der Waals surface area contributed by atoms with Crippen LogP contribution in [0.15, 0.2) is 32.3 Å². The maximum atomic E-state index is 12.9. The van der Waals surface area contributed by atoms with Crippen LogP contribution in [0, 0.1) is 0 Å². The van der Waals surface area contributed by atoms with Crippen LogP contribution in [0.5, 0.6) is 0 Å². The van der Waals surface area contributed by atoms with Crippen LogP contribution in [0.4, 0.5) is 5.13 Å². The number of carbonyl (C=O) groups excluding carboxylic acids is 2. The summed E-state index contributed by atoms with van der Waals surface area (Å²) in [5, 5.41) is 26.8. The van der Waals surface area contributed by atoms with E-state index >= 15 is 0 Å². The Balaban J connectivity index is 1.46. The number of aromatic nitrogens is 1. The number of β-lactam (4-membered cyclic amide) rings is 1. The SMILES string of the molecule is CON=C(C(=O)NC1C(=O)N2C(C(=O)O)=C(CSN3CN(C)N=N3)CS[C@@H]12)c1csc(N)n1. The van der Waals surface area contributed by atoms with Crippen molar-refractivity contribution < 1.29 is 24.3 Å². The van der Waals surface area contributed by atoms with E-state index in [-0.39, 0.29) is 22.2 Å². The second-order valence-electron chi connectivity index (χ2n) is 6.92. The number of nitrogens with zero attached hydrogens (tertiary/aromatic N) is 7. The van der Waals surface area contributed by atoms with E-state index in [0.717, 1.165) is 11.3 Å². The van der Waals surface area contributed by atoms with Crippen molar-refractivity contribution in [1.29, 1.82) is 0 Å². The Morgan fingerprint density at radius 2 is 2.24 bits per heavy atom. The number of anilines is 1. The van der Waals surface area contributed by atoms with E-state index in [1.807, 2.05) is 0 Å². The Hall–Kier alpha value is -3.05. The number of thiazole rings is 1. The monoisotopic (exact) mass is 513 g/mol. The van der Waals surface area contributed by atoms with E-state index in [9.17, 15) is 19.5 Å². The van der Waals surface area contributed by atoms with Gasteiger partial charge in [0, 0.05) is 23.9 Å². The zero-order valence-corrected chi connectivity index (χ0v) is 19.8. The van der Waals surface area contributed by atoms with Crippen molar-refractivity contribution in [3.05, 3.63) is 22.3 Å². The maximum Gasteiger partial charge on any atom is 0.352 e. The van der Waals surface area contributed by atoms with Gasteiger partial charge in [-0.25, -0.2) is 9.78 Å². The number of nitrogens with one attached hydrogen (secondary N) is 1. The van der Waals surface area contributed by atoms with Crippen LogP contribution in [-0.4, -0.2) is 91.7 Å². The molecule has 1 aromatic rings. The quantitative estimate of drug-likeness (QED) is 0.184. The molecule has 0 aliphatic carbocycles. The lowest BCUT2D eigenvalue weighted by molar-refractivity contribution is -0.150. The Kier molecular flexibility index (Phi) is 6.61. The number of carboxylic acid groups (broad SMARTS) is 1. The molecule has 17 heteroatoms. The predicted molar refractivity (Wildman–Crippen MR) is 122 cm³/mol. The molecule has 3 aliphatic heterocycles. The summed E-state index contributed by atoms with van der Waals surface area (Å²) in [4.78, 5) is 47.6. The van der Waals surface area contributed by atoms with Crippen LogP contribution in [0.2, 0.25) is 0 Å². The molecule has 0 spiro atoms. The largest absolute Gasteiger partial charge is 0.477 e. The van der Waals surface area contributed by atoms with Gasteiger partial charge in [-0.3, -0.25) is 19.5 Å². The molecular weight excluding hydrogens is 494 g/mol. The standard InChI is InChI=1S/C16H19N9O5S3/c1-23-6-24(22-21-23)33-4-7-3-31-14-10(13(27)25(14)11(7)15(28)29)19-12(26)9(20-30-2)8-5-32-16(17)18-8/h5,10,14H,3-4,6H2,1-2H3,(H2,17,18)(H,19,26)(H,28,29)/t10?,14-/m0/s1. The van der Waals surface area contributed by atoms with Crippen LogP contribution >= 0.6 is 35.0 Å². The summed E-state index contributed by atoms with van der Waals surface area (Å²) < 4.78 is 1.63. The second-order valence-corrected chi connectivity index (χ2v) is 9.88. The van der Waals surface area contributed by atoms with Crippen LogP contribution in [-0.2, 0) is 19.2 Å². The van der Waals surface area contributed by atoms with Crippen molar-refractivity contribution in [2.24, 2.45) is 15.6 Å². The maximum absolute atomic E-state index is 12.9. The third kappa shape index (κ3) is 4.55. The summed E-state index contributed by atoms with van der Waals surface area (Å²) in [5.74, 6) is -1.67. The first kappa shape index (κ1) is 23.1. The molecule has 2 amide bonds. The van der Waals surface area contributed by atoms with Crippen molar-refractivity contribution in [2.75, 3.05) is 38.1 Å². The first-order chi connectivity index (χ1) is 15.8. The minimum atomic E-state index is -1.20. The number of carbonyl (C=O) groups is 3. The minimum absolute atomic E-state index is 0.0655. The zero-order chi connectivity index (χ0) is 23.7. The molecule has 1 aromatic heterocycles. The van der Waals surface area contributed by atoms with Crippen LogP contribution in [0.1, 0.15) is 5.69 Å². The highest BCUT2D eigenvalue weighted by Gasteiger charge is 2.54. The number of amides is 2. The van der Waals surface area contributed by atoms with E-state index in [1.54, 1.807) is 21.9 Å². The van der Waals surface area contributed by atoms with Crippen LogP contribution < -0.4 is 11.1 Å². The number of carboxylic acids is 1. The van der Waals surface area contributed by atoms with Crippen LogP contribution in [0.25, 0.3) is 0 Å². The van der Waals surface area contributed by atoms with E-state index in [0.29, 0.717) is 23.7 Å². The third-order valence-corrected chi connectivity index (χ3v) is 7.68. The fraction of sp³-hybridized carbons (Fsp3) is 0.438. The van der Waals surface area contributed by atoms with Crippen molar-refractivity contribution in [2.45, 2.75) is 11.4 Å².